The van der Waals surface area contributed by atoms with Crippen LogP contribution in [0.15, 0.2) is 29.6 Å². The van der Waals surface area contributed by atoms with Gasteiger partial charge >= 0.3 is 5.97 Å². The van der Waals surface area contributed by atoms with Gasteiger partial charge in [-0.3, -0.25) is 14.6 Å². The van der Waals surface area contributed by atoms with E-state index in [4.69, 9.17) is 0 Å². The number of amides is 1. The first-order chi connectivity index (χ1) is 11.4. The summed E-state index contributed by atoms with van der Waals surface area (Å²) in [5.41, 5.74) is 1.21. The van der Waals surface area contributed by atoms with Crippen molar-refractivity contribution in [1.29, 1.82) is 0 Å². The van der Waals surface area contributed by atoms with Gasteiger partial charge in [0.1, 0.15) is 0 Å². The number of aromatic nitrogens is 1. The number of aryl methyl sites for hydroxylation is 1. The first-order valence-electron chi connectivity index (χ1n) is 7.95. The maximum atomic E-state index is 12.8. The van der Waals surface area contributed by atoms with Gasteiger partial charge in [0.25, 0.3) is 5.91 Å². The number of aliphatic carboxylic acids is 1. The average Bonchev–Trinajstić information content (AvgIpc) is 3.08. The summed E-state index contributed by atoms with van der Waals surface area (Å²) in [7, 11) is 0. The molecule has 1 atom stereocenters. The smallest absolute Gasteiger partial charge is 0.311 e. The third kappa shape index (κ3) is 3.06. The van der Waals surface area contributed by atoms with Crippen LogP contribution in [0.3, 0.4) is 0 Å². The predicted molar refractivity (Wildman–Crippen MR) is 93.2 cm³/mol. The number of carboxylic acids is 1. The molecular formula is C18H20N2O3S. The van der Waals surface area contributed by atoms with Crippen molar-refractivity contribution < 1.29 is 14.7 Å². The van der Waals surface area contributed by atoms with Gasteiger partial charge in [0.15, 0.2) is 0 Å². The minimum Gasteiger partial charge on any atom is -0.481 e. The van der Waals surface area contributed by atoms with Crippen molar-refractivity contribution in [3.8, 4) is 10.6 Å². The van der Waals surface area contributed by atoms with Crippen molar-refractivity contribution in [2.45, 2.75) is 26.7 Å². The molecule has 1 aliphatic heterocycles. The molecule has 0 aromatic carbocycles. The van der Waals surface area contributed by atoms with Crippen LogP contribution in [-0.4, -0.2) is 40.0 Å². The van der Waals surface area contributed by atoms with Crippen molar-refractivity contribution in [3.05, 3.63) is 40.9 Å². The number of carbonyl (C=O) groups excluding carboxylic acids is 1. The van der Waals surface area contributed by atoms with Crippen molar-refractivity contribution in [2.24, 2.45) is 5.41 Å². The van der Waals surface area contributed by atoms with Crippen LogP contribution in [0.1, 0.15) is 35.8 Å². The molecule has 24 heavy (non-hydrogen) atoms. The topological polar surface area (TPSA) is 70.5 Å². The van der Waals surface area contributed by atoms with E-state index in [1.807, 2.05) is 30.5 Å². The third-order valence-corrected chi connectivity index (χ3v) is 5.48. The molecule has 1 aliphatic rings. The molecule has 0 spiro atoms. The first kappa shape index (κ1) is 16.6. The zero-order chi connectivity index (χ0) is 17.3. The Balaban J connectivity index is 1.84. The number of carbonyl (C=O) groups is 2. The first-order valence-corrected chi connectivity index (χ1v) is 8.83. The molecule has 5 nitrogen and oxygen atoms in total. The van der Waals surface area contributed by atoms with Crippen LogP contribution in [0, 0.1) is 12.3 Å². The summed E-state index contributed by atoms with van der Waals surface area (Å²) in [5.74, 6) is -0.979. The molecule has 1 fully saturated rings. The SMILES string of the molecule is Cc1nc(-c2cccs2)ccc1C(=O)N1CCCC(C)(C(=O)O)C1. The summed E-state index contributed by atoms with van der Waals surface area (Å²) in [4.78, 5) is 31.6. The van der Waals surface area contributed by atoms with Crippen LogP contribution in [0.25, 0.3) is 10.6 Å². The molecule has 126 valence electrons. The molecule has 0 bridgehead atoms. The van der Waals surface area contributed by atoms with Crippen molar-refractivity contribution in [2.75, 3.05) is 13.1 Å². The van der Waals surface area contributed by atoms with Crippen LogP contribution in [0.5, 0.6) is 0 Å². The minimum atomic E-state index is -0.869. The lowest BCUT2D eigenvalue weighted by Crippen LogP contribution is -2.48. The van der Waals surface area contributed by atoms with Gasteiger partial charge < -0.3 is 10.0 Å². The van der Waals surface area contributed by atoms with E-state index in [-0.39, 0.29) is 12.5 Å². The number of hydrogen-bond donors (Lipinski definition) is 1. The highest BCUT2D eigenvalue weighted by molar-refractivity contribution is 7.13. The van der Waals surface area contributed by atoms with Gasteiger partial charge in [0, 0.05) is 13.1 Å². The van der Waals surface area contributed by atoms with Gasteiger partial charge in [-0.15, -0.1) is 11.3 Å². The monoisotopic (exact) mass is 344 g/mol. The quantitative estimate of drug-likeness (QED) is 0.926. The molecule has 1 N–H and O–H groups in total. The molecule has 0 radical (unpaired) electrons. The molecule has 1 amide bonds. The summed E-state index contributed by atoms with van der Waals surface area (Å²) in [6, 6.07) is 7.62. The fourth-order valence-corrected chi connectivity index (χ4v) is 3.80. The Kier molecular flexibility index (Phi) is 4.41. The number of rotatable bonds is 3. The molecule has 3 heterocycles. The zero-order valence-corrected chi connectivity index (χ0v) is 14.6. The van der Waals surface area contributed by atoms with Gasteiger partial charge in [-0.25, -0.2) is 0 Å². The molecule has 2 aromatic rings. The number of likely N-dealkylation sites (tertiary alicyclic amines) is 1. The Morgan fingerprint density at radius 2 is 2.12 bits per heavy atom. The van der Waals surface area contributed by atoms with Crippen LogP contribution < -0.4 is 0 Å². The largest absolute Gasteiger partial charge is 0.481 e. The number of pyridine rings is 1. The Morgan fingerprint density at radius 3 is 2.75 bits per heavy atom. The third-order valence-electron chi connectivity index (χ3n) is 4.59. The lowest BCUT2D eigenvalue weighted by atomic mass is 9.82. The Morgan fingerprint density at radius 1 is 1.33 bits per heavy atom. The number of hydrogen-bond acceptors (Lipinski definition) is 4. The van der Waals surface area contributed by atoms with E-state index >= 15 is 0 Å². The second-order valence-electron chi connectivity index (χ2n) is 6.50. The van der Waals surface area contributed by atoms with E-state index in [1.54, 1.807) is 29.2 Å². The average molecular weight is 344 g/mol. The van der Waals surface area contributed by atoms with Crippen LogP contribution in [-0.2, 0) is 4.79 Å². The molecule has 3 rings (SSSR count). The molecule has 0 saturated carbocycles. The summed E-state index contributed by atoms with van der Waals surface area (Å²) in [6.07, 6.45) is 1.30. The van der Waals surface area contributed by atoms with E-state index in [1.165, 1.54) is 0 Å². The number of nitrogens with zero attached hydrogens (tertiary/aromatic N) is 2. The van der Waals surface area contributed by atoms with Crippen LogP contribution in [0.2, 0.25) is 0 Å². The normalized spacial score (nSPS) is 20.8. The fourth-order valence-electron chi connectivity index (χ4n) is 3.11. The Labute approximate surface area is 145 Å². The second-order valence-corrected chi connectivity index (χ2v) is 7.45. The summed E-state index contributed by atoms with van der Waals surface area (Å²) in [6.45, 7) is 4.37. The van der Waals surface area contributed by atoms with Gasteiger partial charge in [-0.1, -0.05) is 6.07 Å². The highest BCUT2D eigenvalue weighted by Gasteiger charge is 2.39. The predicted octanol–water partition coefficient (Wildman–Crippen LogP) is 3.45. The molecule has 0 aliphatic carbocycles. The standard InChI is InChI=1S/C18H20N2O3S/c1-12-13(6-7-14(19-12)15-5-3-10-24-15)16(21)20-9-4-8-18(2,11-20)17(22)23/h3,5-7,10H,4,8-9,11H2,1-2H3,(H,22,23). The summed E-state index contributed by atoms with van der Waals surface area (Å²) < 4.78 is 0. The van der Waals surface area contributed by atoms with E-state index in [9.17, 15) is 14.7 Å². The Hall–Kier alpha value is -2.21. The maximum absolute atomic E-state index is 12.8. The fraction of sp³-hybridized carbons (Fsp3) is 0.389. The van der Waals surface area contributed by atoms with Crippen LogP contribution in [0.4, 0.5) is 0 Å². The second kappa shape index (κ2) is 6.36. The molecular weight excluding hydrogens is 324 g/mol. The molecule has 1 saturated heterocycles. The van der Waals surface area contributed by atoms with Gasteiger partial charge in [-0.05, 0) is 50.3 Å². The highest BCUT2D eigenvalue weighted by Crippen LogP contribution is 2.31. The van der Waals surface area contributed by atoms with E-state index in [2.05, 4.69) is 4.98 Å². The number of piperidine rings is 1. The lowest BCUT2D eigenvalue weighted by molar-refractivity contribution is -0.150. The van der Waals surface area contributed by atoms with E-state index in [0.717, 1.165) is 10.6 Å². The van der Waals surface area contributed by atoms with E-state index < -0.39 is 11.4 Å². The minimum absolute atomic E-state index is 0.134. The zero-order valence-electron chi connectivity index (χ0n) is 13.8. The molecule has 2 aromatic heterocycles. The summed E-state index contributed by atoms with van der Waals surface area (Å²) >= 11 is 1.61. The van der Waals surface area contributed by atoms with Crippen LogP contribution >= 0.6 is 11.3 Å². The molecule has 6 heteroatoms. The lowest BCUT2D eigenvalue weighted by Gasteiger charge is -2.37. The highest BCUT2D eigenvalue weighted by atomic mass is 32.1. The maximum Gasteiger partial charge on any atom is 0.311 e. The van der Waals surface area contributed by atoms with E-state index in [0.29, 0.717) is 30.6 Å². The van der Waals surface area contributed by atoms with Gasteiger partial charge in [0.05, 0.1) is 27.2 Å². The Bertz CT molecular complexity index is 773. The number of thiophene rings is 1. The van der Waals surface area contributed by atoms with Gasteiger partial charge in [0.2, 0.25) is 0 Å². The van der Waals surface area contributed by atoms with Crippen molar-refractivity contribution in [1.82, 2.24) is 9.88 Å². The number of carboxylic acid groups (broad SMARTS) is 1. The van der Waals surface area contributed by atoms with Gasteiger partial charge in [-0.2, -0.15) is 0 Å². The van der Waals surface area contributed by atoms with Crippen molar-refractivity contribution in [3.63, 3.8) is 0 Å². The molecule has 1 unspecified atom stereocenters. The summed E-state index contributed by atoms with van der Waals surface area (Å²) in [5, 5.41) is 11.4. The van der Waals surface area contributed by atoms with Crippen molar-refractivity contribution >= 4 is 23.2 Å².